The third-order valence-corrected chi connectivity index (χ3v) is 5.83. The second-order valence-electron chi connectivity index (χ2n) is 7.78. The van der Waals surface area contributed by atoms with Crippen LogP contribution in [-0.4, -0.2) is 48.2 Å². The van der Waals surface area contributed by atoms with Gasteiger partial charge in [-0.15, -0.1) is 0 Å². The van der Waals surface area contributed by atoms with Crippen molar-refractivity contribution >= 4 is 58.1 Å². The van der Waals surface area contributed by atoms with Gasteiger partial charge in [-0.05, 0) is 59.7 Å². The molecule has 1 fully saturated rings. The highest BCUT2D eigenvalue weighted by Gasteiger charge is 2.36. The molecule has 0 saturated carbocycles. The number of benzene rings is 2. The second kappa shape index (κ2) is 11.2. The zero-order valence-electron chi connectivity index (χ0n) is 18.8. The summed E-state index contributed by atoms with van der Waals surface area (Å²) >= 11 is 6.74. The van der Waals surface area contributed by atoms with Crippen molar-refractivity contribution in [2.75, 3.05) is 25.6 Å². The molecule has 178 valence electrons. The van der Waals surface area contributed by atoms with Crippen LogP contribution in [0.1, 0.15) is 29.8 Å². The fourth-order valence-electron chi connectivity index (χ4n) is 2.92. The minimum Gasteiger partial charge on any atom is -0.493 e. The molecular weight excluding hydrogens is 480 g/mol. The van der Waals surface area contributed by atoms with E-state index < -0.39 is 29.6 Å². The van der Waals surface area contributed by atoms with Crippen LogP contribution in [0.3, 0.4) is 0 Å². The minimum atomic E-state index is -0.656. The predicted molar refractivity (Wildman–Crippen MR) is 131 cm³/mol. The van der Waals surface area contributed by atoms with Crippen LogP contribution in [0, 0.1) is 5.92 Å². The average molecular weight is 503 g/mol. The van der Waals surface area contributed by atoms with E-state index in [0.29, 0.717) is 18.3 Å². The molecular formula is C24H23ClN2O6S. The lowest BCUT2D eigenvalue weighted by molar-refractivity contribution is -0.127. The number of rotatable bonds is 8. The molecule has 8 nitrogen and oxygen atoms in total. The lowest BCUT2D eigenvalue weighted by Crippen LogP contribution is -2.36. The number of carbonyl (C=O) groups excluding carboxylic acids is 4. The molecule has 3 rings (SSSR count). The third kappa shape index (κ3) is 6.39. The van der Waals surface area contributed by atoms with E-state index in [1.165, 1.54) is 25.3 Å². The standard InChI is InChI=1S/C24H23ClN2O6S/c1-14(2)13-33-17-7-4-15(5-8-17)10-20-22(29)27(24(31)34-20)12-21(28)26-16-6-9-19(25)18(11-16)23(30)32-3/h4-11,14H,12-13H2,1-3H3,(H,26,28)/b20-10-. The molecule has 0 unspecified atom stereocenters. The van der Waals surface area contributed by atoms with Crippen molar-refractivity contribution in [2.24, 2.45) is 5.92 Å². The molecule has 0 radical (unpaired) electrons. The maximum Gasteiger partial charge on any atom is 0.339 e. The number of imide groups is 1. The molecule has 3 amide bonds. The van der Waals surface area contributed by atoms with E-state index in [1.807, 2.05) is 0 Å². The summed E-state index contributed by atoms with van der Waals surface area (Å²) in [5.41, 5.74) is 1.08. The quantitative estimate of drug-likeness (QED) is 0.407. The molecule has 1 aliphatic rings. The fraction of sp³-hybridized carbons (Fsp3) is 0.250. The first-order valence-electron chi connectivity index (χ1n) is 10.3. The van der Waals surface area contributed by atoms with Crippen LogP contribution in [0.5, 0.6) is 5.75 Å². The van der Waals surface area contributed by atoms with Gasteiger partial charge in [-0.1, -0.05) is 37.6 Å². The van der Waals surface area contributed by atoms with E-state index in [0.717, 1.165) is 22.2 Å². The highest BCUT2D eigenvalue weighted by molar-refractivity contribution is 8.18. The molecule has 0 bridgehead atoms. The lowest BCUT2D eigenvalue weighted by atomic mass is 10.2. The van der Waals surface area contributed by atoms with Gasteiger partial charge < -0.3 is 14.8 Å². The van der Waals surface area contributed by atoms with Crippen molar-refractivity contribution in [2.45, 2.75) is 13.8 Å². The van der Waals surface area contributed by atoms with Gasteiger partial charge in [-0.3, -0.25) is 19.3 Å². The Morgan fingerprint density at radius 2 is 1.85 bits per heavy atom. The van der Waals surface area contributed by atoms with Crippen molar-refractivity contribution < 1.29 is 28.7 Å². The number of esters is 1. The molecule has 34 heavy (non-hydrogen) atoms. The number of nitrogens with zero attached hydrogens (tertiary/aromatic N) is 1. The minimum absolute atomic E-state index is 0.0803. The Balaban J connectivity index is 1.64. The maximum atomic E-state index is 12.7. The molecule has 1 aliphatic heterocycles. The number of ether oxygens (including phenoxy) is 2. The number of hydrogen-bond donors (Lipinski definition) is 1. The van der Waals surface area contributed by atoms with Gasteiger partial charge in [0.15, 0.2) is 0 Å². The normalized spacial score (nSPS) is 14.6. The van der Waals surface area contributed by atoms with Gasteiger partial charge >= 0.3 is 5.97 Å². The molecule has 1 saturated heterocycles. The number of nitrogens with one attached hydrogen (secondary N) is 1. The zero-order valence-corrected chi connectivity index (χ0v) is 20.4. The summed E-state index contributed by atoms with van der Waals surface area (Å²) in [6, 6.07) is 11.4. The Labute approximate surface area is 206 Å². The zero-order chi connectivity index (χ0) is 24.8. The number of thioether (sulfide) groups is 1. The summed E-state index contributed by atoms with van der Waals surface area (Å²) in [4.78, 5) is 50.4. The van der Waals surface area contributed by atoms with E-state index in [1.54, 1.807) is 30.3 Å². The molecule has 2 aromatic rings. The molecule has 2 aromatic carbocycles. The molecule has 10 heteroatoms. The largest absolute Gasteiger partial charge is 0.493 e. The van der Waals surface area contributed by atoms with Crippen molar-refractivity contribution in [1.29, 1.82) is 0 Å². The van der Waals surface area contributed by atoms with E-state index in [-0.39, 0.29) is 21.2 Å². The summed E-state index contributed by atoms with van der Waals surface area (Å²) in [6.45, 7) is 4.24. The van der Waals surface area contributed by atoms with Gasteiger partial charge in [-0.2, -0.15) is 0 Å². The van der Waals surface area contributed by atoms with Crippen LogP contribution in [0.15, 0.2) is 47.4 Å². The number of methoxy groups -OCH3 is 1. The van der Waals surface area contributed by atoms with Gasteiger partial charge in [-0.25, -0.2) is 4.79 Å². The Hall–Kier alpha value is -3.30. The van der Waals surface area contributed by atoms with E-state index in [9.17, 15) is 19.2 Å². The predicted octanol–water partition coefficient (Wildman–Crippen LogP) is 4.84. The number of amides is 3. The van der Waals surface area contributed by atoms with Crippen LogP contribution < -0.4 is 10.1 Å². The second-order valence-corrected chi connectivity index (χ2v) is 9.18. The molecule has 1 heterocycles. The van der Waals surface area contributed by atoms with Crippen LogP contribution in [0.4, 0.5) is 10.5 Å². The van der Waals surface area contributed by atoms with Gasteiger partial charge in [0.2, 0.25) is 5.91 Å². The molecule has 0 aliphatic carbocycles. The average Bonchev–Trinajstić information content (AvgIpc) is 3.06. The number of hydrogen-bond acceptors (Lipinski definition) is 7. The first kappa shape index (κ1) is 25.3. The van der Waals surface area contributed by atoms with Gasteiger partial charge in [0, 0.05) is 5.69 Å². The molecule has 0 spiro atoms. The summed E-state index contributed by atoms with van der Waals surface area (Å²) in [5.74, 6) is -0.701. The maximum absolute atomic E-state index is 12.7. The van der Waals surface area contributed by atoms with Crippen LogP contribution in [0.25, 0.3) is 6.08 Å². The van der Waals surface area contributed by atoms with Crippen LogP contribution in [0.2, 0.25) is 5.02 Å². The first-order valence-corrected chi connectivity index (χ1v) is 11.5. The van der Waals surface area contributed by atoms with Crippen LogP contribution >= 0.6 is 23.4 Å². The van der Waals surface area contributed by atoms with E-state index >= 15 is 0 Å². The van der Waals surface area contributed by atoms with Gasteiger partial charge in [0.1, 0.15) is 12.3 Å². The van der Waals surface area contributed by atoms with E-state index in [4.69, 9.17) is 16.3 Å². The Morgan fingerprint density at radius 3 is 2.50 bits per heavy atom. The number of halogens is 1. The molecule has 0 atom stereocenters. The van der Waals surface area contributed by atoms with E-state index in [2.05, 4.69) is 23.9 Å². The van der Waals surface area contributed by atoms with Gasteiger partial charge in [0.25, 0.3) is 11.1 Å². The summed E-state index contributed by atoms with van der Waals surface area (Å²) in [7, 11) is 1.21. The first-order chi connectivity index (χ1) is 16.2. The Bertz CT molecular complexity index is 1150. The van der Waals surface area contributed by atoms with Gasteiger partial charge in [0.05, 0.1) is 29.2 Å². The summed E-state index contributed by atoms with van der Waals surface area (Å²) < 4.78 is 10.3. The fourth-order valence-corrected chi connectivity index (χ4v) is 3.96. The SMILES string of the molecule is COC(=O)c1cc(NC(=O)CN2C(=O)S/C(=C\c3ccc(OCC(C)C)cc3)C2=O)ccc1Cl. The van der Waals surface area contributed by atoms with Crippen molar-refractivity contribution in [3.8, 4) is 5.75 Å². The van der Waals surface area contributed by atoms with Crippen LogP contribution in [-0.2, 0) is 14.3 Å². The smallest absolute Gasteiger partial charge is 0.339 e. The number of carbonyl (C=O) groups is 4. The topological polar surface area (TPSA) is 102 Å². The van der Waals surface area contributed by atoms with Crippen molar-refractivity contribution in [1.82, 2.24) is 4.90 Å². The van der Waals surface area contributed by atoms with Crippen molar-refractivity contribution in [3.05, 3.63) is 63.5 Å². The highest BCUT2D eigenvalue weighted by Crippen LogP contribution is 2.32. The molecule has 0 aromatic heterocycles. The molecule has 1 N–H and O–H groups in total. The monoisotopic (exact) mass is 502 g/mol. The third-order valence-electron chi connectivity index (χ3n) is 4.59. The van der Waals surface area contributed by atoms with Crippen molar-refractivity contribution in [3.63, 3.8) is 0 Å². The Morgan fingerprint density at radius 1 is 1.15 bits per heavy atom. The summed E-state index contributed by atoms with van der Waals surface area (Å²) in [6.07, 6.45) is 1.59. The Kier molecular flexibility index (Phi) is 8.36. The number of anilines is 1. The summed E-state index contributed by atoms with van der Waals surface area (Å²) in [5, 5.41) is 2.17. The highest BCUT2D eigenvalue weighted by atomic mass is 35.5. The lowest BCUT2D eigenvalue weighted by Gasteiger charge is -2.13.